The molecule has 0 spiro atoms. The molecule has 1 aliphatic rings. The first kappa shape index (κ1) is 12.8. The fourth-order valence-electron chi connectivity index (χ4n) is 2.35. The molecule has 1 nitrogen and oxygen atoms in total. The van der Waals surface area contributed by atoms with Crippen molar-refractivity contribution < 1.29 is 0 Å². The second kappa shape index (κ2) is 4.32. The minimum Gasteiger partial charge on any atom is -0.368 e. The molecule has 0 saturated heterocycles. The van der Waals surface area contributed by atoms with Crippen molar-refractivity contribution in [1.29, 1.82) is 0 Å². The molecule has 0 fully saturated rings. The Labute approximate surface area is 110 Å². The molecule has 84 valence electrons. The molecule has 0 aromatic heterocycles. The summed E-state index contributed by atoms with van der Waals surface area (Å²) in [4.78, 5) is 2.50. The zero-order chi connectivity index (χ0) is 10.3. The van der Waals surface area contributed by atoms with Crippen molar-refractivity contribution in [2.75, 3.05) is 11.4 Å². The van der Waals surface area contributed by atoms with Gasteiger partial charge >= 0.3 is 0 Å². The third kappa shape index (κ3) is 2.14. The average molecular weight is 317 g/mol. The molecule has 2 heteroatoms. The van der Waals surface area contributed by atoms with Gasteiger partial charge in [0.05, 0.1) is 0 Å². The van der Waals surface area contributed by atoms with Gasteiger partial charge in [-0.2, -0.15) is 0 Å². The quantitative estimate of drug-likeness (QED) is 0.712. The Bertz CT molecular complexity index is 344. The van der Waals surface area contributed by atoms with E-state index in [9.17, 15) is 0 Å². The standard InChI is InChI=1S/C13H19N.HI/c1-10(2)14-9-13(3,4)11-7-5-6-8-12(11)14;/h5-8,10H,9H2,1-4H3;1H. The molecule has 1 heterocycles. The summed E-state index contributed by atoms with van der Waals surface area (Å²) in [6.07, 6.45) is 0. The third-order valence-electron chi connectivity index (χ3n) is 3.13. The first-order valence-corrected chi connectivity index (χ1v) is 5.38. The molecule has 2 rings (SSSR count). The zero-order valence-electron chi connectivity index (χ0n) is 9.95. The Morgan fingerprint density at radius 3 is 2.40 bits per heavy atom. The van der Waals surface area contributed by atoms with Gasteiger partial charge in [-0.25, -0.2) is 0 Å². The Morgan fingerprint density at radius 1 is 1.20 bits per heavy atom. The fourth-order valence-corrected chi connectivity index (χ4v) is 2.35. The van der Waals surface area contributed by atoms with E-state index in [1.54, 1.807) is 0 Å². The number of para-hydroxylation sites is 1. The molecule has 0 N–H and O–H groups in total. The second-order valence-electron chi connectivity index (χ2n) is 5.12. The monoisotopic (exact) mass is 317 g/mol. The predicted octanol–water partition coefficient (Wildman–Crippen LogP) is 3.81. The summed E-state index contributed by atoms with van der Waals surface area (Å²) < 4.78 is 0. The smallest absolute Gasteiger partial charge is 0.0407 e. The number of nitrogens with zero attached hydrogens (tertiary/aromatic N) is 1. The van der Waals surface area contributed by atoms with Crippen molar-refractivity contribution in [3.05, 3.63) is 29.8 Å². The SMILES string of the molecule is CC(C)N1CC(C)(C)c2ccccc21.I. The number of rotatable bonds is 1. The fraction of sp³-hybridized carbons (Fsp3) is 0.538. The van der Waals surface area contributed by atoms with Crippen LogP contribution in [0, 0.1) is 0 Å². The average Bonchev–Trinajstić information content (AvgIpc) is 2.40. The van der Waals surface area contributed by atoms with E-state index in [2.05, 4.69) is 56.9 Å². The predicted molar refractivity (Wildman–Crippen MR) is 77.4 cm³/mol. The highest BCUT2D eigenvalue weighted by atomic mass is 127. The van der Waals surface area contributed by atoms with Gasteiger partial charge in [0.2, 0.25) is 0 Å². The third-order valence-corrected chi connectivity index (χ3v) is 3.13. The number of hydrogen-bond acceptors (Lipinski definition) is 1. The highest BCUT2D eigenvalue weighted by Gasteiger charge is 2.35. The number of benzene rings is 1. The first-order valence-electron chi connectivity index (χ1n) is 5.38. The molecule has 1 aromatic rings. The van der Waals surface area contributed by atoms with E-state index in [4.69, 9.17) is 0 Å². The summed E-state index contributed by atoms with van der Waals surface area (Å²) >= 11 is 0. The van der Waals surface area contributed by atoms with Crippen LogP contribution in [0.2, 0.25) is 0 Å². The molecule has 0 bridgehead atoms. The Balaban J connectivity index is 0.00000112. The van der Waals surface area contributed by atoms with Crippen molar-refractivity contribution >= 4 is 29.7 Å². The lowest BCUT2D eigenvalue weighted by atomic mass is 9.87. The van der Waals surface area contributed by atoms with Gasteiger partial charge in [0.15, 0.2) is 0 Å². The minimum atomic E-state index is 0. The van der Waals surface area contributed by atoms with Gasteiger partial charge in [-0.05, 0) is 25.5 Å². The Hall–Kier alpha value is -0.250. The first-order chi connectivity index (χ1) is 6.52. The number of anilines is 1. The molecule has 0 aliphatic carbocycles. The van der Waals surface area contributed by atoms with Crippen molar-refractivity contribution in [3.63, 3.8) is 0 Å². The van der Waals surface area contributed by atoms with E-state index in [1.165, 1.54) is 11.3 Å². The van der Waals surface area contributed by atoms with Crippen LogP contribution in [0.15, 0.2) is 24.3 Å². The highest BCUT2D eigenvalue weighted by molar-refractivity contribution is 14.0. The largest absolute Gasteiger partial charge is 0.368 e. The molecule has 1 aromatic carbocycles. The molecular formula is C13H20IN. The van der Waals surface area contributed by atoms with Crippen LogP contribution >= 0.6 is 24.0 Å². The van der Waals surface area contributed by atoms with Crippen LogP contribution < -0.4 is 4.90 Å². The molecular weight excluding hydrogens is 297 g/mol. The maximum absolute atomic E-state index is 2.50. The van der Waals surface area contributed by atoms with E-state index in [-0.39, 0.29) is 24.0 Å². The van der Waals surface area contributed by atoms with Crippen LogP contribution in [0.5, 0.6) is 0 Å². The van der Waals surface area contributed by atoms with Gasteiger partial charge in [-0.15, -0.1) is 24.0 Å². The molecule has 0 amide bonds. The van der Waals surface area contributed by atoms with Crippen molar-refractivity contribution in [1.82, 2.24) is 0 Å². The maximum atomic E-state index is 2.50. The lowest BCUT2D eigenvalue weighted by Gasteiger charge is -2.26. The summed E-state index contributed by atoms with van der Waals surface area (Å²) in [6, 6.07) is 9.37. The van der Waals surface area contributed by atoms with Gasteiger partial charge in [0.1, 0.15) is 0 Å². The molecule has 0 atom stereocenters. The number of fused-ring (bicyclic) bond motifs is 1. The Morgan fingerprint density at radius 2 is 1.80 bits per heavy atom. The minimum absolute atomic E-state index is 0. The van der Waals surface area contributed by atoms with Crippen LogP contribution in [0.25, 0.3) is 0 Å². The highest BCUT2D eigenvalue weighted by Crippen LogP contribution is 2.40. The molecule has 0 saturated carbocycles. The number of halogens is 1. The van der Waals surface area contributed by atoms with E-state index in [1.807, 2.05) is 0 Å². The zero-order valence-corrected chi connectivity index (χ0v) is 12.3. The van der Waals surface area contributed by atoms with E-state index < -0.39 is 0 Å². The van der Waals surface area contributed by atoms with Crippen LogP contribution in [-0.4, -0.2) is 12.6 Å². The van der Waals surface area contributed by atoms with Gasteiger partial charge < -0.3 is 4.90 Å². The van der Waals surface area contributed by atoms with Crippen LogP contribution in [0.3, 0.4) is 0 Å². The van der Waals surface area contributed by atoms with E-state index in [0.29, 0.717) is 11.5 Å². The van der Waals surface area contributed by atoms with Crippen LogP contribution in [0.1, 0.15) is 33.3 Å². The van der Waals surface area contributed by atoms with Gasteiger partial charge in [0.25, 0.3) is 0 Å². The van der Waals surface area contributed by atoms with Crippen LogP contribution in [0.4, 0.5) is 5.69 Å². The normalized spacial score (nSPS) is 17.5. The topological polar surface area (TPSA) is 3.24 Å². The molecule has 15 heavy (non-hydrogen) atoms. The lowest BCUT2D eigenvalue weighted by molar-refractivity contribution is 0.532. The van der Waals surface area contributed by atoms with Gasteiger partial charge in [0, 0.05) is 23.7 Å². The lowest BCUT2D eigenvalue weighted by Crippen LogP contribution is -2.33. The Kier molecular flexibility index (Phi) is 3.69. The summed E-state index contributed by atoms with van der Waals surface area (Å²) in [6.45, 7) is 10.3. The summed E-state index contributed by atoms with van der Waals surface area (Å²) in [5.74, 6) is 0. The molecule has 0 radical (unpaired) electrons. The van der Waals surface area contributed by atoms with Gasteiger partial charge in [-0.3, -0.25) is 0 Å². The summed E-state index contributed by atoms with van der Waals surface area (Å²) in [7, 11) is 0. The van der Waals surface area contributed by atoms with E-state index in [0.717, 1.165) is 6.54 Å². The number of hydrogen-bond donors (Lipinski definition) is 0. The summed E-state index contributed by atoms with van der Waals surface area (Å²) in [5, 5.41) is 0. The second-order valence-corrected chi connectivity index (χ2v) is 5.12. The van der Waals surface area contributed by atoms with Crippen molar-refractivity contribution in [3.8, 4) is 0 Å². The van der Waals surface area contributed by atoms with Crippen molar-refractivity contribution in [2.24, 2.45) is 0 Å². The van der Waals surface area contributed by atoms with E-state index >= 15 is 0 Å². The van der Waals surface area contributed by atoms with Gasteiger partial charge in [-0.1, -0.05) is 32.0 Å². The molecule has 0 unspecified atom stereocenters. The van der Waals surface area contributed by atoms with Crippen LogP contribution in [-0.2, 0) is 5.41 Å². The molecule has 1 aliphatic heterocycles. The van der Waals surface area contributed by atoms with Crippen molar-refractivity contribution in [2.45, 2.75) is 39.2 Å². The maximum Gasteiger partial charge on any atom is 0.0407 e. The summed E-state index contributed by atoms with van der Waals surface area (Å²) in [5.41, 5.74) is 3.22.